The summed E-state index contributed by atoms with van der Waals surface area (Å²) in [6.45, 7) is 8.31. The summed E-state index contributed by atoms with van der Waals surface area (Å²) in [6.07, 6.45) is 1.96. The van der Waals surface area contributed by atoms with E-state index in [1.807, 2.05) is 0 Å². The summed E-state index contributed by atoms with van der Waals surface area (Å²) in [7, 11) is 0. The topological polar surface area (TPSA) is 78.9 Å². The first-order valence-corrected chi connectivity index (χ1v) is 11.4. The molecule has 0 bridgehead atoms. The van der Waals surface area contributed by atoms with E-state index in [-0.39, 0.29) is 17.8 Å². The summed E-state index contributed by atoms with van der Waals surface area (Å²) in [4.78, 5) is 38.8. The SMILES string of the molecule is CCOC(=O)N1CCN(C(=O)CSc2nc(Cl)cc(N3CCC(C)CC3)n2)CC1. The summed E-state index contributed by atoms with van der Waals surface area (Å²) in [5, 5.41) is 0.913. The highest BCUT2D eigenvalue weighted by atomic mass is 35.5. The van der Waals surface area contributed by atoms with Crippen molar-refractivity contribution < 1.29 is 14.3 Å². The molecule has 3 rings (SSSR count). The van der Waals surface area contributed by atoms with E-state index in [1.165, 1.54) is 11.8 Å². The van der Waals surface area contributed by atoms with Gasteiger partial charge in [0.05, 0.1) is 12.4 Å². The fraction of sp³-hybridized carbons (Fsp3) is 0.684. The lowest BCUT2D eigenvalue weighted by Gasteiger charge is -2.34. The molecule has 10 heteroatoms. The molecule has 0 saturated carbocycles. The van der Waals surface area contributed by atoms with Gasteiger partial charge in [-0.1, -0.05) is 30.3 Å². The van der Waals surface area contributed by atoms with E-state index in [0.29, 0.717) is 43.1 Å². The molecular weight excluding hydrogens is 414 g/mol. The number of rotatable bonds is 5. The van der Waals surface area contributed by atoms with Crippen molar-refractivity contribution in [2.45, 2.75) is 31.8 Å². The molecule has 0 atom stereocenters. The Morgan fingerprint density at radius 2 is 1.79 bits per heavy atom. The van der Waals surface area contributed by atoms with Crippen LogP contribution in [0.4, 0.5) is 10.6 Å². The van der Waals surface area contributed by atoms with Crippen molar-refractivity contribution in [2.24, 2.45) is 5.92 Å². The van der Waals surface area contributed by atoms with Crippen molar-refractivity contribution in [3.8, 4) is 0 Å². The zero-order valence-electron chi connectivity index (χ0n) is 17.0. The molecule has 2 amide bonds. The zero-order valence-corrected chi connectivity index (χ0v) is 18.5. The van der Waals surface area contributed by atoms with Crippen LogP contribution in [0.15, 0.2) is 11.2 Å². The van der Waals surface area contributed by atoms with Gasteiger partial charge in [-0.2, -0.15) is 0 Å². The third-order valence-corrected chi connectivity index (χ3v) is 6.28. The highest BCUT2D eigenvalue weighted by molar-refractivity contribution is 7.99. The molecule has 2 saturated heterocycles. The first kappa shape index (κ1) is 22.0. The van der Waals surface area contributed by atoms with Crippen LogP contribution in [0.1, 0.15) is 26.7 Å². The van der Waals surface area contributed by atoms with Crippen LogP contribution >= 0.6 is 23.4 Å². The second kappa shape index (κ2) is 10.3. The number of carbonyl (C=O) groups is 2. The average Bonchev–Trinajstić information content (AvgIpc) is 2.72. The number of hydrogen-bond acceptors (Lipinski definition) is 7. The number of thioether (sulfide) groups is 1. The molecule has 2 aliphatic heterocycles. The van der Waals surface area contributed by atoms with Crippen molar-refractivity contribution in [3.05, 3.63) is 11.2 Å². The zero-order chi connectivity index (χ0) is 20.8. The van der Waals surface area contributed by atoms with Crippen LogP contribution in [0.25, 0.3) is 0 Å². The first-order chi connectivity index (χ1) is 14.0. The smallest absolute Gasteiger partial charge is 0.409 e. The fourth-order valence-corrected chi connectivity index (χ4v) is 4.40. The first-order valence-electron chi connectivity index (χ1n) is 10.1. The number of aromatic nitrogens is 2. The standard InChI is InChI=1S/C19H28ClN5O3S/c1-3-28-19(27)25-10-8-24(9-11-25)17(26)13-29-18-21-15(20)12-16(22-18)23-6-4-14(2)5-7-23/h12,14H,3-11,13H2,1-2H3. The Bertz CT molecular complexity index is 722. The molecular formula is C19H28ClN5O3S. The molecule has 2 fully saturated rings. The number of halogens is 1. The number of nitrogens with zero attached hydrogens (tertiary/aromatic N) is 5. The normalized spacial score (nSPS) is 18.1. The van der Waals surface area contributed by atoms with Gasteiger partial charge in [-0.25, -0.2) is 14.8 Å². The molecule has 0 N–H and O–H groups in total. The van der Waals surface area contributed by atoms with Gasteiger partial charge >= 0.3 is 6.09 Å². The third kappa shape index (κ3) is 6.12. The Hall–Kier alpha value is -1.74. The number of piperidine rings is 1. The van der Waals surface area contributed by atoms with Crippen molar-refractivity contribution in [1.82, 2.24) is 19.8 Å². The Labute approximate surface area is 180 Å². The van der Waals surface area contributed by atoms with Gasteiger partial charge in [0.1, 0.15) is 11.0 Å². The maximum absolute atomic E-state index is 12.6. The van der Waals surface area contributed by atoms with E-state index in [9.17, 15) is 9.59 Å². The van der Waals surface area contributed by atoms with Gasteiger partial charge in [-0.15, -0.1) is 0 Å². The predicted molar refractivity (Wildman–Crippen MR) is 114 cm³/mol. The molecule has 8 nitrogen and oxygen atoms in total. The molecule has 0 aliphatic carbocycles. The Kier molecular flexibility index (Phi) is 7.83. The fourth-order valence-electron chi connectivity index (χ4n) is 3.42. The summed E-state index contributed by atoms with van der Waals surface area (Å²) >= 11 is 7.50. The highest BCUT2D eigenvalue weighted by Crippen LogP contribution is 2.26. The molecule has 0 spiro atoms. The lowest BCUT2D eigenvalue weighted by molar-refractivity contribution is -0.129. The second-order valence-electron chi connectivity index (χ2n) is 7.36. The molecule has 3 heterocycles. The van der Waals surface area contributed by atoms with E-state index in [1.54, 1.807) is 22.8 Å². The van der Waals surface area contributed by atoms with E-state index in [2.05, 4.69) is 21.8 Å². The van der Waals surface area contributed by atoms with Gasteiger partial charge in [0.15, 0.2) is 5.16 Å². The Balaban J connectivity index is 1.51. The predicted octanol–water partition coefficient (Wildman–Crippen LogP) is 2.76. The van der Waals surface area contributed by atoms with Gasteiger partial charge in [-0.05, 0) is 25.7 Å². The summed E-state index contributed by atoms with van der Waals surface area (Å²) in [5.74, 6) is 1.82. The van der Waals surface area contributed by atoms with E-state index < -0.39 is 0 Å². The van der Waals surface area contributed by atoms with E-state index in [0.717, 1.165) is 37.7 Å². The quantitative estimate of drug-likeness (QED) is 0.395. The number of amides is 2. The lowest BCUT2D eigenvalue weighted by Crippen LogP contribution is -2.51. The van der Waals surface area contributed by atoms with Crippen LogP contribution < -0.4 is 4.90 Å². The molecule has 1 aromatic heterocycles. The summed E-state index contributed by atoms with van der Waals surface area (Å²) in [5.41, 5.74) is 0. The molecule has 0 aromatic carbocycles. The maximum atomic E-state index is 12.6. The minimum absolute atomic E-state index is 0.00966. The molecule has 160 valence electrons. The van der Waals surface area contributed by atoms with Gasteiger partial charge in [0, 0.05) is 45.3 Å². The number of carbonyl (C=O) groups excluding carboxylic acids is 2. The number of ether oxygens (including phenoxy) is 1. The average molecular weight is 442 g/mol. The highest BCUT2D eigenvalue weighted by Gasteiger charge is 2.25. The van der Waals surface area contributed by atoms with Gasteiger partial charge in [-0.3, -0.25) is 4.79 Å². The maximum Gasteiger partial charge on any atom is 0.409 e. The van der Waals surface area contributed by atoms with E-state index in [4.69, 9.17) is 16.3 Å². The van der Waals surface area contributed by atoms with Gasteiger partial charge < -0.3 is 19.4 Å². The Morgan fingerprint density at radius 1 is 1.14 bits per heavy atom. The molecule has 2 aliphatic rings. The van der Waals surface area contributed by atoms with Gasteiger partial charge in [0.25, 0.3) is 0 Å². The van der Waals surface area contributed by atoms with Gasteiger partial charge in [0.2, 0.25) is 5.91 Å². The van der Waals surface area contributed by atoms with Crippen molar-refractivity contribution >= 4 is 41.2 Å². The van der Waals surface area contributed by atoms with Crippen LogP contribution in [0.3, 0.4) is 0 Å². The van der Waals surface area contributed by atoms with Crippen LogP contribution in [0.5, 0.6) is 0 Å². The number of hydrogen-bond donors (Lipinski definition) is 0. The van der Waals surface area contributed by atoms with Crippen LogP contribution in [-0.2, 0) is 9.53 Å². The van der Waals surface area contributed by atoms with Crippen LogP contribution in [-0.4, -0.2) is 83.4 Å². The monoisotopic (exact) mass is 441 g/mol. The van der Waals surface area contributed by atoms with Crippen LogP contribution in [0.2, 0.25) is 5.15 Å². The largest absolute Gasteiger partial charge is 0.450 e. The minimum atomic E-state index is -0.319. The summed E-state index contributed by atoms with van der Waals surface area (Å²) in [6, 6.07) is 1.79. The number of piperazine rings is 1. The molecule has 1 aromatic rings. The number of anilines is 1. The van der Waals surface area contributed by atoms with E-state index >= 15 is 0 Å². The Morgan fingerprint density at radius 3 is 2.45 bits per heavy atom. The van der Waals surface area contributed by atoms with Crippen molar-refractivity contribution in [3.63, 3.8) is 0 Å². The van der Waals surface area contributed by atoms with Crippen LogP contribution in [0, 0.1) is 5.92 Å². The molecule has 29 heavy (non-hydrogen) atoms. The lowest BCUT2D eigenvalue weighted by atomic mass is 9.99. The summed E-state index contributed by atoms with van der Waals surface area (Å²) < 4.78 is 5.01. The molecule has 0 radical (unpaired) electrons. The van der Waals surface area contributed by atoms with Crippen molar-refractivity contribution in [2.75, 3.05) is 56.5 Å². The van der Waals surface area contributed by atoms with Crippen molar-refractivity contribution in [1.29, 1.82) is 0 Å². The second-order valence-corrected chi connectivity index (χ2v) is 8.69. The molecule has 0 unspecified atom stereocenters. The third-order valence-electron chi connectivity index (χ3n) is 5.25. The minimum Gasteiger partial charge on any atom is -0.450 e.